The molecule has 0 bridgehead atoms. The van der Waals surface area contributed by atoms with Crippen molar-refractivity contribution in [2.24, 2.45) is 0 Å². The highest BCUT2D eigenvalue weighted by Crippen LogP contribution is 2.33. The summed E-state index contributed by atoms with van der Waals surface area (Å²) in [5, 5.41) is 6.72. The topological polar surface area (TPSA) is 87.2 Å². The van der Waals surface area contributed by atoms with Crippen LogP contribution in [0.2, 0.25) is 0 Å². The Hall–Kier alpha value is -2.96. The van der Waals surface area contributed by atoms with Crippen LogP contribution in [0.15, 0.2) is 30.3 Å². The summed E-state index contributed by atoms with van der Waals surface area (Å²) in [6.45, 7) is 1.90. The number of hydrogen-bond donors (Lipinski definition) is 2. The predicted octanol–water partition coefficient (Wildman–Crippen LogP) is 3.06. The van der Waals surface area contributed by atoms with Crippen LogP contribution in [0.1, 0.15) is 59.8 Å². The van der Waals surface area contributed by atoms with E-state index in [4.69, 9.17) is 0 Å². The van der Waals surface area contributed by atoms with Crippen LogP contribution >= 0.6 is 0 Å². The Balaban J connectivity index is 1.31. The fraction of sp³-hybridized carbons (Fsp3) is 0.478. The molecule has 2 aliphatic carbocycles. The monoisotopic (exact) mass is 407 g/mol. The lowest BCUT2D eigenvalue weighted by atomic mass is 9.90. The van der Waals surface area contributed by atoms with Gasteiger partial charge in [-0.1, -0.05) is 24.3 Å². The number of hydrogen-bond acceptors (Lipinski definition) is 6. The van der Waals surface area contributed by atoms with Crippen molar-refractivity contribution < 1.29 is 9.59 Å². The zero-order valence-corrected chi connectivity index (χ0v) is 17.8. The van der Waals surface area contributed by atoms with Gasteiger partial charge in [0.25, 0.3) is 0 Å². The molecular weight excluding hydrogens is 378 g/mol. The number of carbonyl (C=O) groups is 2. The number of anilines is 2. The molecule has 0 spiro atoms. The summed E-state index contributed by atoms with van der Waals surface area (Å²) in [5.41, 5.74) is 1.56. The van der Waals surface area contributed by atoms with E-state index in [0.717, 1.165) is 48.7 Å². The molecule has 1 amide bonds. The van der Waals surface area contributed by atoms with Gasteiger partial charge in [-0.3, -0.25) is 9.59 Å². The Bertz CT molecular complexity index is 950. The van der Waals surface area contributed by atoms with Crippen LogP contribution in [0, 0.1) is 6.92 Å². The van der Waals surface area contributed by atoms with E-state index in [9.17, 15) is 9.59 Å². The second kappa shape index (κ2) is 8.42. The zero-order valence-electron chi connectivity index (χ0n) is 17.8. The summed E-state index contributed by atoms with van der Waals surface area (Å²) in [4.78, 5) is 35.9. The number of amides is 1. The van der Waals surface area contributed by atoms with Crippen molar-refractivity contribution in [3.63, 3.8) is 0 Å². The van der Waals surface area contributed by atoms with Crippen LogP contribution in [-0.4, -0.2) is 47.8 Å². The van der Waals surface area contributed by atoms with E-state index in [2.05, 4.69) is 20.6 Å². The van der Waals surface area contributed by atoms with Gasteiger partial charge in [0.1, 0.15) is 17.5 Å². The normalized spacial score (nSPS) is 23.0. The summed E-state index contributed by atoms with van der Waals surface area (Å²) in [5.74, 6) is 2.17. The van der Waals surface area contributed by atoms with Crippen LogP contribution in [0.3, 0.4) is 0 Å². The standard InChI is InChI=1S/C23H29N5O2/c1-14-24-21(13-22(25-14)28(2)3)26-15-8-10-16(11-9-15)27-23(30)19-12-20(29)18-7-5-4-6-17(18)19/h4-7,13,15-16,19H,8-12H2,1-3H3,(H,27,30)(H,24,25,26). The van der Waals surface area contributed by atoms with Gasteiger partial charge in [-0.15, -0.1) is 0 Å². The minimum Gasteiger partial charge on any atom is -0.367 e. The van der Waals surface area contributed by atoms with Gasteiger partial charge in [-0.25, -0.2) is 9.97 Å². The molecule has 1 aromatic heterocycles. The number of Topliss-reactive ketones (excluding diaryl/α,β-unsaturated/α-hetero) is 1. The molecule has 1 aromatic carbocycles. The lowest BCUT2D eigenvalue weighted by Gasteiger charge is -2.31. The number of nitrogens with zero attached hydrogens (tertiary/aromatic N) is 3. The van der Waals surface area contributed by atoms with Gasteiger partial charge in [0.2, 0.25) is 5.91 Å². The molecule has 2 aromatic rings. The number of fused-ring (bicyclic) bond motifs is 1. The molecule has 0 aliphatic heterocycles. The molecule has 1 atom stereocenters. The third-order valence-electron chi connectivity index (χ3n) is 6.05. The first-order chi connectivity index (χ1) is 14.4. The van der Waals surface area contributed by atoms with Crippen molar-refractivity contribution in [3.05, 3.63) is 47.3 Å². The fourth-order valence-electron chi connectivity index (χ4n) is 4.44. The molecule has 1 fully saturated rings. The lowest BCUT2D eigenvalue weighted by molar-refractivity contribution is -0.123. The van der Waals surface area contributed by atoms with Crippen LogP contribution in [0.4, 0.5) is 11.6 Å². The molecule has 158 valence electrons. The van der Waals surface area contributed by atoms with Crippen LogP contribution in [0.25, 0.3) is 0 Å². The maximum absolute atomic E-state index is 12.8. The van der Waals surface area contributed by atoms with Gasteiger partial charge in [-0.2, -0.15) is 0 Å². The molecule has 4 rings (SSSR count). The number of ketones is 1. The Labute approximate surface area is 177 Å². The predicted molar refractivity (Wildman–Crippen MR) is 117 cm³/mol. The van der Waals surface area contributed by atoms with E-state index in [0.29, 0.717) is 11.6 Å². The Morgan fingerprint density at radius 1 is 1.07 bits per heavy atom. The average Bonchev–Trinajstić information content (AvgIpc) is 3.06. The molecule has 1 heterocycles. The Kier molecular flexibility index (Phi) is 5.70. The molecule has 7 heteroatoms. The maximum atomic E-state index is 12.8. The first-order valence-corrected chi connectivity index (χ1v) is 10.6. The number of nitrogens with one attached hydrogen (secondary N) is 2. The molecule has 2 N–H and O–H groups in total. The number of carbonyl (C=O) groups excluding carboxylic acids is 2. The first-order valence-electron chi connectivity index (χ1n) is 10.6. The third-order valence-corrected chi connectivity index (χ3v) is 6.05. The van der Waals surface area contributed by atoms with E-state index in [1.54, 1.807) is 0 Å². The smallest absolute Gasteiger partial charge is 0.228 e. The molecule has 7 nitrogen and oxygen atoms in total. The highest BCUT2D eigenvalue weighted by Gasteiger charge is 2.35. The molecule has 1 saturated carbocycles. The average molecular weight is 408 g/mol. The highest BCUT2D eigenvalue weighted by atomic mass is 16.2. The zero-order chi connectivity index (χ0) is 21.3. The molecule has 2 aliphatic rings. The SMILES string of the molecule is Cc1nc(NC2CCC(NC(=O)C3CC(=O)c4ccccc43)CC2)cc(N(C)C)n1. The van der Waals surface area contributed by atoms with E-state index in [-0.39, 0.29) is 30.1 Å². The third kappa shape index (κ3) is 4.30. The van der Waals surface area contributed by atoms with E-state index in [1.807, 2.05) is 56.3 Å². The van der Waals surface area contributed by atoms with E-state index in [1.165, 1.54) is 0 Å². The quantitative estimate of drug-likeness (QED) is 0.792. The van der Waals surface area contributed by atoms with Gasteiger partial charge in [0, 0.05) is 44.2 Å². The molecule has 30 heavy (non-hydrogen) atoms. The molecular formula is C23H29N5O2. The highest BCUT2D eigenvalue weighted by molar-refractivity contribution is 6.06. The van der Waals surface area contributed by atoms with Crippen molar-refractivity contribution in [1.29, 1.82) is 0 Å². The van der Waals surface area contributed by atoms with Crippen molar-refractivity contribution in [1.82, 2.24) is 15.3 Å². The van der Waals surface area contributed by atoms with Crippen molar-refractivity contribution in [2.45, 2.75) is 57.0 Å². The van der Waals surface area contributed by atoms with Gasteiger partial charge >= 0.3 is 0 Å². The van der Waals surface area contributed by atoms with Crippen LogP contribution in [-0.2, 0) is 4.79 Å². The van der Waals surface area contributed by atoms with Gasteiger partial charge < -0.3 is 15.5 Å². The van der Waals surface area contributed by atoms with Crippen molar-refractivity contribution in [2.75, 3.05) is 24.3 Å². The number of aromatic nitrogens is 2. The van der Waals surface area contributed by atoms with Crippen LogP contribution < -0.4 is 15.5 Å². The first kappa shape index (κ1) is 20.3. The number of benzene rings is 1. The maximum Gasteiger partial charge on any atom is 0.228 e. The van der Waals surface area contributed by atoms with E-state index < -0.39 is 0 Å². The van der Waals surface area contributed by atoms with Crippen molar-refractivity contribution >= 4 is 23.3 Å². The summed E-state index contributed by atoms with van der Waals surface area (Å²) in [7, 11) is 3.94. The second-order valence-corrected chi connectivity index (χ2v) is 8.52. The summed E-state index contributed by atoms with van der Waals surface area (Å²) in [6.07, 6.45) is 4.03. The van der Waals surface area contributed by atoms with Gasteiger partial charge in [0.15, 0.2) is 5.78 Å². The minimum absolute atomic E-state index is 0.0215. The fourth-order valence-corrected chi connectivity index (χ4v) is 4.44. The lowest BCUT2D eigenvalue weighted by Crippen LogP contribution is -2.42. The summed E-state index contributed by atoms with van der Waals surface area (Å²) >= 11 is 0. The van der Waals surface area contributed by atoms with Gasteiger partial charge in [0.05, 0.1) is 5.92 Å². The van der Waals surface area contributed by atoms with Gasteiger partial charge in [-0.05, 0) is 38.2 Å². The summed E-state index contributed by atoms with van der Waals surface area (Å²) in [6, 6.07) is 9.92. The largest absolute Gasteiger partial charge is 0.367 e. The summed E-state index contributed by atoms with van der Waals surface area (Å²) < 4.78 is 0. The van der Waals surface area contributed by atoms with E-state index >= 15 is 0 Å². The molecule has 1 unspecified atom stereocenters. The molecule has 0 saturated heterocycles. The minimum atomic E-state index is -0.349. The van der Waals surface area contributed by atoms with Crippen molar-refractivity contribution in [3.8, 4) is 0 Å². The Morgan fingerprint density at radius 3 is 2.50 bits per heavy atom. The number of rotatable bonds is 5. The Morgan fingerprint density at radius 2 is 1.77 bits per heavy atom. The number of aryl methyl sites for hydroxylation is 1. The van der Waals surface area contributed by atoms with Crippen LogP contribution in [0.5, 0.6) is 0 Å². The molecule has 0 radical (unpaired) electrons. The second-order valence-electron chi connectivity index (χ2n) is 8.52.